The van der Waals surface area contributed by atoms with E-state index >= 15 is 0 Å². The molecule has 2 aromatic heterocycles. The number of fused-ring (bicyclic) bond motifs is 2. The number of amides is 1. The van der Waals surface area contributed by atoms with E-state index in [1.807, 2.05) is 41.3 Å². The predicted octanol–water partition coefficient (Wildman–Crippen LogP) is 5.48. The summed E-state index contributed by atoms with van der Waals surface area (Å²) in [6.07, 6.45) is 5.52. The number of nitriles is 1. The van der Waals surface area contributed by atoms with Crippen LogP contribution in [0.5, 0.6) is 0 Å². The van der Waals surface area contributed by atoms with Crippen LogP contribution in [0.2, 0.25) is 0 Å². The van der Waals surface area contributed by atoms with Crippen molar-refractivity contribution in [2.45, 2.75) is 38.3 Å². The fourth-order valence-electron chi connectivity index (χ4n) is 4.59. The summed E-state index contributed by atoms with van der Waals surface area (Å²) in [5.41, 5.74) is 3.71. The van der Waals surface area contributed by atoms with E-state index in [-0.39, 0.29) is 17.9 Å². The van der Waals surface area contributed by atoms with Crippen LogP contribution < -0.4 is 10.2 Å². The zero-order valence-corrected chi connectivity index (χ0v) is 18.7. The molecule has 0 atom stereocenters. The number of methoxy groups -OCH3 is 1. The van der Waals surface area contributed by atoms with Gasteiger partial charge in [0.1, 0.15) is 16.8 Å². The Bertz CT molecular complexity index is 1190. The predicted molar refractivity (Wildman–Crippen MR) is 126 cm³/mol. The first-order valence-corrected chi connectivity index (χ1v) is 11.7. The molecule has 162 valence electrons. The van der Waals surface area contributed by atoms with E-state index in [0.717, 1.165) is 58.9 Å². The minimum Gasteiger partial charge on any atom is -0.381 e. The quantitative estimate of drug-likeness (QED) is 0.579. The second-order valence-corrected chi connectivity index (χ2v) is 9.36. The van der Waals surface area contributed by atoms with Crippen LogP contribution in [0.15, 0.2) is 48.7 Å². The van der Waals surface area contributed by atoms with Gasteiger partial charge in [-0.2, -0.15) is 5.26 Å². The van der Waals surface area contributed by atoms with Crippen LogP contribution in [-0.4, -0.2) is 24.1 Å². The molecule has 1 amide bonds. The van der Waals surface area contributed by atoms with Gasteiger partial charge in [0.25, 0.3) is 0 Å². The standard InChI is InChI=1S/C25H24N4O2S/c1-31-19-7-4-16(5-8-19)25(30)29-15-18-3-2-12-27-24(18)28-21-10-6-17(13-22(21)29)23-11-9-20(14-26)32-23/h2-3,6,9-13,16,19H,4-5,7-8,15H2,1H3,(H,27,28)/t16-,19-. The van der Waals surface area contributed by atoms with E-state index in [2.05, 4.69) is 22.4 Å². The molecule has 1 N–H and O–H groups in total. The van der Waals surface area contributed by atoms with Gasteiger partial charge in [-0.05, 0) is 61.6 Å². The molecule has 0 saturated heterocycles. The number of hydrogen-bond acceptors (Lipinski definition) is 6. The van der Waals surface area contributed by atoms with Crippen LogP contribution >= 0.6 is 11.3 Å². The van der Waals surface area contributed by atoms with Crippen molar-refractivity contribution in [2.24, 2.45) is 5.92 Å². The highest BCUT2D eigenvalue weighted by atomic mass is 32.1. The smallest absolute Gasteiger partial charge is 0.230 e. The van der Waals surface area contributed by atoms with Gasteiger partial charge in [-0.25, -0.2) is 4.98 Å². The fourth-order valence-corrected chi connectivity index (χ4v) is 5.39. The molecule has 3 aromatic rings. The lowest BCUT2D eigenvalue weighted by atomic mass is 9.86. The Hall–Kier alpha value is -3.21. The molecule has 0 bridgehead atoms. The van der Waals surface area contributed by atoms with Gasteiger partial charge < -0.3 is 15.0 Å². The monoisotopic (exact) mass is 444 g/mol. The number of hydrogen-bond donors (Lipinski definition) is 1. The number of ether oxygens (including phenoxy) is 1. The number of rotatable bonds is 3. The van der Waals surface area contributed by atoms with Gasteiger partial charge in [0.15, 0.2) is 0 Å². The SMILES string of the molecule is CO[C@H]1CC[C@H](C(=O)N2Cc3cccnc3Nc3ccc(-c4ccc(C#N)s4)cc32)CC1. The topological polar surface area (TPSA) is 78.2 Å². The van der Waals surface area contributed by atoms with E-state index in [0.29, 0.717) is 11.4 Å². The van der Waals surface area contributed by atoms with E-state index < -0.39 is 0 Å². The largest absolute Gasteiger partial charge is 0.381 e. The zero-order chi connectivity index (χ0) is 22.1. The minimum absolute atomic E-state index is 0.0111. The number of carbonyl (C=O) groups is 1. The van der Waals surface area contributed by atoms with E-state index in [1.165, 1.54) is 11.3 Å². The third-order valence-electron chi connectivity index (χ3n) is 6.38. The Morgan fingerprint density at radius 3 is 2.81 bits per heavy atom. The molecule has 1 aliphatic heterocycles. The molecule has 7 heteroatoms. The summed E-state index contributed by atoms with van der Waals surface area (Å²) in [5.74, 6) is 0.922. The number of thiophene rings is 1. The average molecular weight is 445 g/mol. The molecule has 1 fully saturated rings. The molecule has 6 nitrogen and oxygen atoms in total. The molecule has 0 radical (unpaired) electrons. The first-order valence-electron chi connectivity index (χ1n) is 10.9. The number of nitrogens with zero attached hydrogens (tertiary/aromatic N) is 3. The average Bonchev–Trinajstić information content (AvgIpc) is 3.26. The maximum atomic E-state index is 13.8. The van der Waals surface area contributed by atoms with Gasteiger partial charge in [-0.1, -0.05) is 12.1 Å². The summed E-state index contributed by atoms with van der Waals surface area (Å²) < 4.78 is 5.50. The first-order chi connectivity index (χ1) is 15.7. The van der Waals surface area contributed by atoms with Crippen LogP contribution in [0.25, 0.3) is 10.4 Å². The molecular weight excluding hydrogens is 420 g/mol. The van der Waals surface area contributed by atoms with Gasteiger partial charge >= 0.3 is 0 Å². The highest BCUT2D eigenvalue weighted by Crippen LogP contribution is 2.41. The summed E-state index contributed by atoms with van der Waals surface area (Å²) in [4.78, 5) is 21.9. The molecule has 32 heavy (non-hydrogen) atoms. The molecule has 5 rings (SSSR count). The Morgan fingerprint density at radius 2 is 2.06 bits per heavy atom. The molecule has 0 unspecified atom stereocenters. The Morgan fingerprint density at radius 1 is 1.22 bits per heavy atom. The normalized spacial score (nSPS) is 19.8. The summed E-state index contributed by atoms with van der Waals surface area (Å²) in [7, 11) is 1.75. The minimum atomic E-state index is -0.0111. The van der Waals surface area contributed by atoms with Crippen molar-refractivity contribution >= 4 is 34.4 Å². The van der Waals surface area contributed by atoms with Crippen molar-refractivity contribution in [3.05, 3.63) is 59.1 Å². The molecule has 1 saturated carbocycles. The Balaban J connectivity index is 1.54. The van der Waals surface area contributed by atoms with E-state index in [9.17, 15) is 10.1 Å². The van der Waals surface area contributed by atoms with Gasteiger partial charge in [0.2, 0.25) is 5.91 Å². The van der Waals surface area contributed by atoms with Gasteiger partial charge in [-0.3, -0.25) is 4.79 Å². The van der Waals surface area contributed by atoms with Crippen LogP contribution in [0.4, 0.5) is 17.2 Å². The number of nitrogens with one attached hydrogen (secondary N) is 1. The van der Waals surface area contributed by atoms with Gasteiger partial charge in [-0.15, -0.1) is 11.3 Å². The molecular formula is C25H24N4O2S. The number of benzene rings is 1. The second-order valence-electron chi connectivity index (χ2n) is 8.28. The van der Waals surface area contributed by atoms with E-state index in [1.54, 1.807) is 13.3 Å². The van der Waals surface area contributed by atoms with Crippen LogP contribution in [0.1, 0.15) is 36.1 Å². The lowest BCUT2D eigenvalue weighted by Gasteiger charge is -2.32. The van der Waals surface area contributed by atoms with Crippen LogP contribution in [-0.2, 0) is 16.1 Å². The summed E-state index contributed by atoms with van der Waals surface area (Å²) in [5, 5.41) is 12.6. The maximum Gasteiger partial charge on any atom is 0.230 e. The first kappa shape index (κ1) is 20.7. The third-order valence-corrected chi connectivity index (χ3v) is 7.42. The molecule has 2 aliphatic rings. The van der Waals surface area contributed by atoms with E-state index in [4.69, 9.17) is 4.74 Å². The van der Waals surface area contributed by atoms with Crippen molar-refractivity contribution in [2.75, 3.05) is 17.3 Å². The Kier molecular flexibility index (Phi) is 5.64. The molecule has 1 aliphatic carbocycles. The summed E-state index contributed by atoms with van der Waals surface area (Å²) >= 11 is 1.46. The number of aromatic nitrogens is 1. The highest BCUT2D eigenvalue weighted by Gasteiger charge is 2.33. The molecule has 1 aromatic carbocycles. The lowest BCUT2D eigenvalue weighted by Crippen LogP contribution is -2.38. The van der Waals surface area contributed by atoms with Gasteiger partial charge in [0.05, 0.1) is 24.0 Å². The van der Waals surface area contributed by atoms with Gasteiger partial charge in [0, 0.05) is 29.7 Å². The van der Waals surface area contributed by atoms with Crippen LogP contribution in [0, 0.1) is 17.2 Å². The molecule has 3 heterocycles. The Labute approximate surface area is 191 Å². The van der Waals surface area contributed by atoms with Crippen molar-refractivity contribution in [3.63, 3.8) is 0 Å². The molecule has 0 spiro atoms. The van der Waals surface area contributed by atoms with Crippen molar-refractivity contribution in [1.29, 1.82) is 5.26 Å². The number of carbonyl (C=O) groups excluding carboxylic acids is 1. The number of anilines is 3. The van der Waals surface area contributed by atoms with Crippen LogP contribution in [0.3, 0.4) is 0 Å². The maximum absolute atomic E-state index is 13.8. The fraction of sp³-hybridized carbons (Fsp3) is 0.320. The summed E-state index contributed by atoms with van der Waals surface area (Å²) in [6, 6.07) is 16.0. The van der Waals surface area contributed by atoms with Crippen molar-refractivity contribution in [3.8, 4) is 16.5 Å². The number of pyridine rings is 1. The van der Waals surface area contributed by atoms with Crippen molar-refractivity contribution < 1.29 is 9.53 Å². The summed E-state index contributed by atoms with van der Waals surface area (Å²) in [6.45, 7) is 0.476. The third kappa shape index (κ3) is 3.88. The zero-order valence-electron chi connectivity index (χ0n) is 17.9. The highest BCUT2D eigenvalue weighted by molar-refractivity contribution is 7.16. The second kappa shape index (κ2) is 8.73. The van der Waals surface area contributed by atoms with Crippen molar-refractivity contribution in [1.82, 2.24) is 4.98 Å². The lowest BCUT2D eigenvalue weighted by molar-refractivity contribution is -0.124.